The van der Waals surface area contributed by atoms with Crippen molar-refractivity contribution >= 4 is 17.8 Å². The van der Waals surface area contributed by atoms with Crippen LogP contribution in [0.3, 0.4) is 0 Å². The van der Waals surface area contributed by atoms with Gasteiger partial charge >= 0.3 is 0 Å². The normalized spacial score (nSPS) is 12.1. The number of rotatable bonds is 12. The Morgan fingerprint density at radius 2 is 1.32 bits per heavy atom. The third-order valence-corrected chi connectivity index (χ3v) is 3.26. The molecule has 0 spiro atoms. The number of hydrogen-bond donors (Lipinski definition) is 2. The molecule has 1 heterocycles. The third-order valence-electron chi connectivity index (χ3n) is 3.26. The molecule has 1 atom stereocenters. The average Bonchev–Trinajstić information content (AvgIpc) is 2.59. The van der Waals surface area contributed by atoms with Gasteiger partial charge in [0.15, 0.2) is 0 Å². The maximum absolute atomic E-state index is 9.86. The second-order valence-electron chi connectivity index (χ2n) is 5.13. The van der Waals surface area contributed by atoms with Gasteiger partial charge in [0.1, 0.15) is 33.2 Å². The second kappa shape index (κ2) is 10.9. The SMILES string of the molecule is CCN(COC)c1nc(N(COC)COC)nc(N(CO)C(C)O)n1. The highest BCUT2D eigenvalue weighted by Gasteiger charge is 2.21. The van der Waals surface area contributed by atoms with Gasteiger partial charge in [0.2, 0.25) is 17.8 Å². The van der Waals surface area contributed by atoms with Gasteiger partial charge < -0.3 is 29.3 Å². The van der Waals surface area contributed by atoms with Gasteiger partial charge in [-0.3, -0.25) is 9.80 Å². The van der Waals surface area contributed by atoms with Crippen LogP contribution in [0.4, 0.5) is 17.8 Å². The van der Waals surface area contributed by atoms with Crippen LogP contribution in [0.2, 0.25) is 0 Å². The van der Waals surface area contributed by atoms with Gasteiger partial charge in [-0.1, -0.05) is 0 Å². The molecular weight excluding hydrogens is 332 g/mol. The summed E-state index contributed by atoms with van der Waals surface area (Å²) in [7, 11) is 4.67. The standard InChI is InChI=1S/C14H28N6O5/c1-6-18(8-23-3)12-15-13(19(9-24-4)10-25-5)17-14(16-12)20(7-21)11(2)22/h11,21-22H,6-10H2,1-5H3. The maximum atomic E-state index is 9.86. The molecule has 0 saturated carbocycles. The molecule has 1 rings (SSSR count). The lowest BCUT2D eigenvalue weighted by atomic mass is 10.5. The van der Waals surface area contributed by atoms with Crippen LogP contribution >= 0.6 is 0 Å². The molecular formula is C14H28N6O5. The first-order valence-electron chi connectivity index (χ1n) is 7.80. The molecule has 11 heteroatoms. The Hall–Kier alpha value is -1.79. The minimum atomic E-state index is -0.982. The second-order valence-corrected chi connectivity index (χ2v) is 5.13. The van der Waals surface area contributed by atoms with Crippen LogP contribution in [0.1, 0.15) is 13.8 Å². The predicted molar refractivity (Wildman–Crippen MR) is 92.2 cm³/mol. The Morgan fingerprint density at radius 1 is 0.880 bits per heavy atom. The molecule has 144 valence electrons. The first-order valence-corrected chi connectivity index (χ1v) is 7.80. The molecule has 0 aliphatic heterocycles. The van der Waals surface area contributed by atoms with Gasteiger partial charge in [0, 0.05) is 27.9 Å². The number of aliphatic hydroxyl groups is 2. The van der Waals surface area contributed by atoms with Gasteiger partial charge in [-0.05, 0) is 13.8 Å². The minimum Gasteiger partial charge on any atom is -0.376 e. The van der Waals surface area contributed by atoms with Crippen LogP contribution in [0.15, 0.2) is 0 Å². The highest BCUT2D eigenvalue weighted by molar-refractivity contribution is 5.46. The van der Waals surface area contributed by atoms with Crippen LogP contribution in [0.5, 0.6) is 0 Å². The van der Waals surface area contributed by atoms with E-state index in [9.17, 15) is 10.2 Å². The summed E-state index contributed by atoms with van der Waals surface area (Å²) in [6.07, 6.45) is -0.982. The third kappa shape index (κ3) is 5.90. The van der Waals surface area contributed by atoms with E-state index in [0.29, 0.717) is 12.5 Å². The first kappa shape index (κ1) is 21.3. The van der Waals surface area contributed by atoms with Crippen molar-refractivity contribution in [2.24, 2.45) is 0 Å². The highest BCUT2D eigenvalue weighted by atomic mass is 16.5. The minimum absolute atomic E-state index is 0.129. The highest BCUT2D eigenvalue weighted by Crippen LogP contribution is 2.20. The van der Waals surface area contributed by atoms with E-state index in [-0.39, 0.29) is 32.1 Å². The maximum Gasteiger partial charge on any atom is 0.235 e. The van der Waals surface area contributed by atoms with Crippen molar-refractivity contribution in [3.05, 3.63) is 0 Å². The summed E-state index contributed by atoms with van der Waals surface area (Å²) >= 11 is 0. The van der Waals surface area contributed by atoms with Crippen LogP contribution in [0, 0.1) is 0 Å². The Balaban J connectivity index is 3.38. The van der Waals surface area contributed by atoms with E-state index in [1.165, 1.54) is 11.8 Å². The topological polar surface area (TPSA) is 117 Å². The molecule has 2 N–H and O–H groups in total. The number of anilines is 3. The summed E-state index contributed by atoms with van der Waals surface area (Å²) in [5.74, 6) is 0.766. The van der Waals surface area contributed by atoms with Gasteiger partial charge in [-0.25, -0.2) is 0 Å². The van der Waals surface area contributed by atoms with Gasteiger partial charge in [-0.15, -0.1) is 0 Å². The quantitative estimate of drug-likeness (QED) is 0.466. The van der Waals surface area contributed by atoms with Crippen molar-refractivity contribution in [3.8, 4) is 0 Å². The summed E-state index contributed by atoms with van der Waals surface area (Å²) in [5, 5.41) is 19.4. The number of aromatic nitrogens is 3. The molecule has 0 aliphatic carbocycles. The van der Waals surface area contributed by atoms with Gasteiger partial charge in [-0.2, -0.15) is 15.0 Å². The van der Waals surface area contributed by atoms with Crippen molar-refractivity contribution in [1.82, 2.24) is 15.0 Å². The van der Waals surface area contributed by atoms with Crippen molar-refractivity contribution < 1.29 is 24.4 Å². The molecule has 1 aromatic rings. The van der Waals surface area contributed by atoms with Crippen LogP contribution in [0.25, 0.3) is 0 Å². The summed E-state index contributed by atoms with van der Waals surface area (Å²) in [6, 6.07) is 0. The number of nitrogens with zero attached hydrogens (tertiary/aromatic N) is 6. The molecule has 1 aromatic heterocycles. The largest absolute Gasteiger partial charge is 0.376 e. The summed E-state index contributed by atoms with van der Waals surface area (Å²) < 4.78 is 15.5. The zero-order chi connectivity index (χ0) is 18.8. The monoisotopic (exact) mass is 360 g/mol. The van der Waals surface area contributed by atoms with E-state index in [0.717, 1.165) is 0 Å². The van der Waals surface area contributed by atoms with Crippen molar-refractivity contribution in [2.75, 3.05) is 69.5 Å². The summed E-state index contributed by atoms with van der Waals surface area (Å²) in [5.41, 5.74) is 0. The number of aliphatic hydroxyl groups excluding tert-OH is 2. The molecule has 0 radical (unpaired) electrons. The Morgan fingerprint density at radius 3 is 1.72 bits per heavy atom. The number of methoxy groups -OCH3 is 3. The number of ether oxygens (including phenoxy) is 3. The Kier molecular flexibility index (Phi) is 9.31. The Bertz CT molecular complexity index is 501. The molecule has 0 aliphatic rings. The van der Waals surface area contributed by atoms with E-state index in [2.05, 4.69) is 15.0 Å². The van der Waals surface area contributed by atoms with Gasteiger partial charge in [0.25, 0.3) is 0 Å². The van der Waals surface area contributed by atoms with Crippen molar-refractivity contribution in [1.29, 1.82) is 0 Å². The van der Waals surface area contributed by atoms with Crippen LogP contribution in [-0.4, -0.2) is 86.2 Å². The zero-order valence-electron chi connectivity index (χ0n) is 15.4. The lowest BCUT2D eigenvalue weighted by Gasteiger charge is -2.28. The molecule has 0 fully saturated rings. The summed E-state index contributed by atoms with van der Waals surface area (Å²) in [4.78, 5) is 17.8. The van der Waals surface area contributed by atoms with E-state index in [1.807, 2.05) is 6.92 Å². The molecule has 11 nitrogen and oxygen atoms in total. The average molecular weight is 360 g/mol. The zero-order valence-corrected chi connectivity index (χ0v) is 15.4. The lowest BCUT2D eigenvalue weighted by molar-refractivity contribution is 0.138. The molecule has 0 saturated heterocycles. The van der Waals surface area contributed by atoms with Crippen molar-refractivity contribution in [3.63, 3.8) is 0 Å². The lowest BCUT2D eigenvalue weighted by Crippen LogP contribution is -2.38. The fourth-order valence-corrected chi connectivity index (χ4v) is 2.01. The van der Waals surface area contributed by atoms with Crippen LogP contribution < -0.4 is 14.7 Å². The summed E-state index contributed by atoms with van der Waals surface area (Å²) in [6.45, 7) is 4.26. The molecule has 0 aromatic carbocycles. The molecule has 0 bridgehead atoms. The van der Waals surface area contributed by atoms with Crippen molar-refractivity contribution in [2.45, 2.75) is 20.1 Å². The Labute approximate surface area is 147 Å². The van der Waals surface area contributed by atoms with E-state index >= 15 is 0 Å². The fraction of sp³-hybridized carbons (Fsp3) is 0.786. The molecule has 25 heavy (non-hydrogen) atoms. The molecule has 1 unspecified atom stereocenters. The predicted octanol–water partition coefficient (Wildman–Crippen LogP) is -0.589. The van der Waals surface area contributed by atoms with Crippen LogP contribution in [-0.2, 0) is 14.2 Å². The smallest absolute Gasteiger partial charge is 0.235 e. The fourth-order valence-electron chi connectivity index (χ4n) is 2.01. The van der Waals surface area contributed by atoms with Gasteiger partial charge in [0.05, 0.1) is 0 Å². The molecule has 0 amide bonds. The van der Waals surface area contributed by atoms with E-state index in [1.54, 1.807) is 31.1 Å². The van der Waals surface area contributed by atoms with E-state index < -0.39 is 13.0 Å². The number of hydrogen-bond acceptors (Lipinski definition) is 11. The first-order chi connectivity index (χ1) is 12.0. The van der Waals surface area contributed by atoms with E-state index in [4.69, 9.17) is 14.2 Å².